The van der Waals surface area contributed by atoms with Crippen molar-refractivity contribution in [2.45, 2.75) is 58.0 Å². The maximum atomic E-state index is 11.3. The number of fused-ring (bicyclic) bond motifs is 1. The maximum absolute atomic E-state index is 11.3. The highest BCUT2D eigenvalue weighted by atomic mass is 32.2. The minimum Gasteiger partial charge on any atom is -0.492 e. The number of ether oxygens (including phenoxy) is 2. The summed E-state index contributed by atoms with van der Waals surface area (Å²) in [6, 6.07) is 25.3. The van der Waals surface area contributed by atoms with Gasteiger partial charge in [0.05, 0.1) is 5.75 Å². The average molecular weight is 590 g/mol. The molecule has 5 rings (SSSR count). The monoisotopic (exact) mass is 589 g/mol. The second-order valence-corrected chi connectivity index (χ2v) is 13.0. The minimum absolute atomic E-state index is 0.259. The lowest BCUT2D eigenvalue weighted by Gasteiger charge is -2.31. The van der Waals surface area contributed by atoms with E-state index in [1.54, 1.807) is 0 Å². The van der Waals surface area contributed by atoms with Gasteiger partial charge in [0.2, 0.25) is 0 Å². The fourth-order valence-corrected chi connectivity index (χ4v) is 6.77. The number of hydrogen-bond acceptors (Lipinski definition) is 5. The van der Waals surface area contributed by atoms with E-state index >= 15 is 0 Å². The van der Waals surface area contributed by atoms with Crippen molar-refractivity contribution in [3.8, 4) is 5.75 Å². The summed E-state index contributed by atoms with van der Waals surface area (Å²) in [5, 5.41) is 0. The zero-order chi connectivity index (χ0) is 29.4. The Morgan fingerprint density at radius 2 is 1.55 bits per heavy atom. The smallest absolute Gasteiger partial charge is 0.264 e. The van der Waals surface area contributed by atoms with Crippen LogP contribution in [0.25, 0.3) is 11.1 Å². The number of piperidine rings is 1. The molecule has 0 aromatic heterocycles. The van der Waals surface area contributed by atoms with Crippen molar-refractivity contribution in [1.82, 2.24) is 4.90 Å². The molecule has 2 aliphatic rings. The largest absolute Gasteiger partial charge is 0.492 e. The van der Waals surface area contributed by atoms with Crippen LogP contribution in [0.5, 0.6) is 5.75 Å². The van der Waals surface area contributed by atoms with Gasteiger partial charge in [-0.05, 0) is 110 Å². The summed E-state index contributed by atoms with van der Waals surface area (Å²) in [7, 11) is -3.99. The van der Waals surface area contributed by atoms with Crippen molar-refractivity contribution in [3.63, 3.8) is 0 Å². The van der Waals surface area contributed by atoms with E-state index in [1.807, 2.05) is 12.1 Å². The van der Waals surface area contributed by atoms with E-state index < -0.39 is 10.1 Å². The molecule has 0 radical (unpaired) electrons. The molecule has 7 heteroatoms. The molecule has 6 nitrogen and oxygen atoms in total. The third kappa shape index (κ3) is 8.10. The van der Waals surface area contributed by atoms with Crippen molar-refractivity contribution in [2.24, 2.45) is 0 Å². The average Bonchev–Trinajstić information content (AvgIpc) is 2.99. The van der Waals surface area contributed by atoms with Crippen molar-refractivity contribution < 1.29 is 22.4 Å². The predicted octanol–water partition coefficient (Wildman–Crippen LogP) is 7.14. The number of unbranched alkanes of at least 4 members (excludes halogenated alkanes) is 1. The molecule has 1 heterocycles. The third-order valence-corrected chi connectivity index (χ3v) is 9.20. The summed E-state index contributed by atoms with van der Waals surface area (Å²) in [5.74, 6) is 0.588. The molecule has 1 saturated heterocycles. The first-order chi connectivity index (χ1) is 20.4. The van der Waals surface area contributed by atoms with Gasteiger partial charge in [-0.1, -0.05) is 67.1 Å². The van der Waals surface area contributed by atoms with Gasteiger partial charge in [-0.2, -0.15) is 8.42 Å². The van der Waals surface area contributed by atoms with Crippen LogP contribution < -0.4 is 4.74 Å². The molecule has 1 unspecified atom stereocenters. The highest BCUT2D eigenvalue weighted by Gasteiger charge is 2.29. The van der Waals surface area contributed by atoms with Crippen LogP contribution in [0.1, 0.15) is 72.4 Å². The van der Waals surface area contributed by atoms with Crippen LogP contribution in [-0.2, 0) is 21.3 Å². The van der Waals surface area contributed by atoms with Crippen LogP contribution in [0.15, 0.2) is 72.8 Å². The van der Waals surface area contributed by atoms with Crippen molar-refractivity contribution in [3.05, 3.63) is 101 Å². The van der Waals surface area contributed by atoms with Gasteiger partial charge in [0.1, 0.15) is 18.5 Å². The second kappa shape index (κ2) is 14.5. The van der Waals surface area contributed by atoms with E-state index in [0.29, 0.717) is 26.1 Å². The van der Waals surface area contributed by atoms with Gasteiger partial charge >= 0.3 is 0 Å². The van der Waals surface area contributed by atoms with Crippen molar-refractivity contribution >= 4 is 21.3 Å². The molecular weight excluding hydrogens is 546 g/mol. The van der Waals surface area contributed by atoms with Crippen LogP contribution in [0.2, 0.25) is 0 Å². The van der Waals surface area contributed by atoms with Gasteiger partial charge in [-0.25, -0.2) is 0 Å². The van der Waals surface area contributed by atoms with Gasteiger partial charge < -0.3 is 9.47 Å². The van der Waals surface area contributed by atoms with E-state index in [-0.39, 0.29) is 11.9 Å². The quantitative estimate of drug-likeness (QED) is 0.169. The van der Waals surface area contributed by atoms with E-state index in [2.05, 4.69) is 72.5 Å². The minimum atomic E-state index is -3.99. The fraction of sp³-hybridized carbons (Fsp3) is 0.429. The first-order valence-electron chi connectivity index (χ1n) is 15.3. The molecule has 1 aliphatic heterocycles. The summed E-state index contributed by atoms with van der Waals surface area (Å²) < 4.78 is 44.5. The molecule has 1 aliphatic carbocycles. The number of likely N-dealkylation sites (tertiary alicyclic amines) is 1. The molecule has 0 amide bonds. The molecule has 0 bridgehead atoms. The van der Waals surface area contributed by atoms with Gasteiger partial charge in [0, 0.05) is 13.2 Å². The SMILES string of the molecule is Cc1ccccc1C1=C(C(OCCCCS(=O)(=O)O)c2ccc(OCCN3CCCCC3)cc2)c2ccccc2CC1. The van der Waals surface area contributed by atoms with Crippen molar-refractivity contribution in [1.29, 1.82) is 0 Å². The highest BCUT2D eigenvalue weighted by Crippen LogP contribution is 2.46. The van der Waals surface area contributed by atoms with Gasteiger partial charge in [-0.3, -0.25) is 9.45 Å². The predicted molar refractivity (Wildman–Crippen MR) is 169 cm³/mol. The first kappa shape index (κ1) is 30.5. The third-order valence-electron chi connectivity index (χ3n) is 8.40. The van der Waals surface area contributed by atoms with Crippen LogP contribution >= 0.6 is 0 Å². The van der Waals surface area contributed by atoms with Gasteiger partial charge in [0.15, 0.2) is 0 Å². The Labute approximate surface area is 251 Å². The van der Waals surface area contributed by atoms with Gasteiger partial charge in [-0.15, -0.1) is 0 Å². The molecule has 0 spiro atoms. The molecule has 1 atom stereocenters. The Morgan fingerprint density at radius 3 is 2.29 bits per heavy atom. The Kier molecular flexibility index (Phi) is 10.5. The zero-order valence-electron chi connectivity index (χ0n) is 24.6. The number of nitrogens with zero attached hydrogens (tertiary/aromatic N) is 1. The summed E-state index contributed by atoms with van der Waals surface area (Å²) in [4.78, 5) is 2.48. The van der Waals surface area contributed by atoms with E-state index in [9.17, 15) is 13.0 Å². The molecule has 3 aromatic carbocycles. The van der Waals surface area contributed by atoms with E-state index in [1.165, 1.54) is 52.7 Å². The van der Waals surface area contributed by atoms with Crippen LogP contribution in [0.4, 0.5) is 0 Å². The summed E-state index contributed by atoms with van der Waals surface area (Å²) >= 11 is 0. The van der Waals surface area contributed by atoms with Gasteiger partial charge in [0.25, 0.3) is 10.1 Å². The normalized spacial score (nSPS) is 16.7. The Morgan fingerprint density at radius 1 is 0.833 bits per heavy atom. The standard InChI is InChI=1S/C35H43NO5S/c1-27-11-3-5-13-31(27)33-20-17-28-12-4-6-14-32(28)34(33)35(41-24-9-10-26-42(37,38)39)29-15-18-30(19-16-29)40-25-23-36-21-7-2-8-22-36/h3-6,11-16,18-19,35H,2,7-10,17,20-26H2,1H3,(H,37,38,39). The van der Waals surface area contributed by atoms with E-state index in [0.717, 1.165) is 43.8 Å². The molecule has 1 fully saturated rings. The Bertz CT molecular complexity index is 1460. The van der Waals surface area contributed by atoms with E-state index in [4.69, 9.17) is 9.47 Å². The summed E-state index contributed by atoms with van der Waals surface area (Å²) in [6.45, 7) is 6.46. The number of allylic oxidation sites excluding steroid dienone is 1. The number of rotatable bonds is 13. The Balaban J connectivity index is 1.43. The lowest BCUT2D eigenvalue weighted by atomic mass is 9.78. The Hall–Kier alpha value is -2.97. The highest BCUT2D eigenvalue weighted by molar-refractivity contribution is 7.85. The molecular formula is C35H43NO5S. The lowest BCUT2D eigenvalue weighted by Crippen LogP contribution is -2.33. The number of aryl methyl sites for hydroxylation is 2. The molecule has 1 N–H and O–H groups in total. The topological polar surface area (TPSA) is 76.1 Å². The fourth-order valence-electron chi connectivity index (χ4n) is 6.20. The molecule has 3 aromatic rings. The summed E-state index contributed by atoms with van der Waals surface area (Å²) in [5.41, 5.74) is 8.46. The first-order valence-corrected chi connectivity index (χ1v) is 16.9. The lowest BCUT2D eigenvalue weighted by molar-refractivity contribution is 0.0894. The second-order valence-electron chi connectivity index (χ2n) is 11.4. The number of benzene rings is 3. The van der Waals surface area contributed by atoms with Crippen LogP contribution in [-0.4, -0.2) is 56.5 Å². The molecule has 224 valence electrons. The van der Waals surface area contributed by atoms with Crippen LogP contribution in [0, 0.1) is 6.92 Å². The molecule has 0 saturated carbocycles. The molecule has 42 heavy (non-hydrogen) atoms. The zero-order valence-corrected chi connectivity index (χ0v) is 25.5. The maximum Gasteiger partial charge on any atom is 0.264 e. The van der Waals surface area contributed by atoms with Crippen molar-refractivity contribution in [2.75, 3.05) is 38.6 Å². The number of hydrogen-bond donors (Lipinski definition) is 1. The summed E-state index contributed by atoms with van der Waals surface area (Å²) in [6.07, 6.45) is 6.29. The van der Waals surface area contributed by atoms with Crippen LogP contribution in [0.3, 0.4) is 0 Å².